The van der Waals surface area contributed by atoms with Gasteiger partial charge in [-0.1, -0.05) is 79.6 Å². The van der Waals surface area contributed by atoms with E-state index in [1.54, 1.807) is 4.90 Å². The van der Waals surface area contributed by atoms with E-state index < -0.39 is 27.8 Å². The zero-order valence-corrected chi connectivity index (χ0v) is 25.5. The van der Waals surface area contributed by atoms with Gasteiger partial charge in [-0.2, -0.15) is 13.2 Å². The number of rotatable bonds is 13. The van der Waals surface area contributed by atoms with Crippen LogP contribution in [0.1, 0.15) is 55.2 Å². The maximum Gasteiger partial charge on any atom is 0.416 e. The van der Waals surface area contributed by atoms with Crippen molar-refractivity contribution >= 4 is 27.5 Å². The number of carbonyl (C=O) groups is 2. The molecule has 11 heteroatoms. The summed E-state index contributed by atoms with van der Waals surface area (Å²) in [4.78, 5) is 29.2. The van der Waals surface area contributed by atoms with Crippen molar-refractivity contribution in [2.45, 2.75) is 69.8 Å². The Labute approximate surface area is 257 Å². The quantitative estimate of drug-likeness (QED) is 0.253. The molecule has 3 aromatic rings. The zero-order chi connectivity index (χ0) is 31.7. The third-order valence-electron chi connectivity index (χ3n) is 7.78. The second-order valence-electron chi connectivity index (χ2n) is 11.2. The summed E-state index contributed by atoms with van der Waals surface area (Å²) in [6.07, 6.45) is 0.321. The Kier molecular flexibility index (Phi) is 11.1. The van der Waals surface area contributed by atoms with Crippen LogP contribution >= 0.6 is 0 Å². The Morgan fingerprint density at radius 2 is 1.52 bits per heavy atom. The molecule has 1 saturated carbocycles. The summed E-state index contributed by atoms with van der Waals surface area (Å²) in [6, 6.07) is 22.1. The molecule has 3 aromatic carbocycles. The number of alkyl halides is 3. The van der Waals surface area contributed by atoms with Crippen LogP contribution in [0.15, 0.2) is 84.9 Å². The number of nitrogens with one attached hydrogen (secondary N) is 1. The van der Waals surface area contributed by atoms with Crippen LogP contribution < -0.4 is 9.62 Å². The predicted molar refractivity (Wildman–Crippen MR) is 164 cm³/mol. The first-order valence-electron chi connectivity index (χ1n) is 14.7. The summed E-state index contributed by atoms with van der Waals surface area (Å²) in [5.41, 5.74) is 0.617. The number of sulfonamides is 1. The fourth-order valence-electron chi connectivity index (χ4n) is 5.54. The van der Waals surface area contributed by atoms with E-state index in [4.69, 9.17) is 0 Å². The van der Waals surface area contributed by atoms with Crippen LogP contribution in [0.4, 0.5) is 18.9 Å². The third kappa shape index (κ3) is 9.32. The molecule has 0 saturated heterocycles. The van der Waals surface area contributed by atoms with Gasteiger partial charge >= 0.3 is 6.18 Å². The molecule has 2 amide bonds. The van der Waals surface area contributed by atoms with Gasteiger partial charge < -0.3 is 10.2 Å². The number of benzene rings is 3. The molecule has 0 aromatic heterocycles. The van der Waals surface area contributed by atoms with E-state index in [2.05, 4.69) is 5.32 Å². The summed E-state index contributed by atoms with van der Waals surface area (Å²) in [6.45, 7) is -0.0403. The molecular formula is C33H38F3N3O4S. The molecule has 0 aliphatic heterocycles. The minimum absolute atomic E-state index is 0.0374. The molecule has 1 unspecified atom stereocenters. The number of carbonyl (C=O) groups excluding carboxylic acids is 2. The molecular weight excluding hydrogens is 591 g/mol. The van der Waals surface area contributed by atoms with Gasteiger partial charge in [0.15, 0.2) is 0 Å². The van der Waals surface area contributed by atoms with Gasteiger partial charge in [0.2, 0.25) is 21.8 Å². The number of halogens is 3. The minimum Gasteiger partial charge on any atom is -0.352 e. The Morgan fingerprint density at radius 1 is 0.909 bits per heavy atom. The molecule has 1 fully saturated rings. The molecule has 1 atom stereocenters. The van der Waals surface area contributed by atoms with Crippen molar-refractivity contribution in [3.8, 4) is 0 Å². The van der Waals surface area contributed by atoms with Gasteiger partial charge in [0.25, 0.3) is 0 Å². The number of hydrogen-bond acceptors (Lipinski definition) is 4. The fourth-order valence-corrected chi connectivity index (χ4v) is 6.50. The highest BCUT2D eigenvalue weighted by molar-refractivity contribution is 7.92. The highest BCUT2D eigenvalue weighted by Gasteiger charge is 2.33. The molecule has 0 bridgehead atoms. The van der Waals surface area contributed by atoms with E-state index in [1.165, 1.54) is 6.07 Å². The third-order valence-corrected chi connectivity index (χ3v) is 8.98. The van der Waals surface area contributed by atoms with Crippen LogP contribution in [-0.4, -0.2) is 50.0 Å². The maximum atomic E-state index is 13.9. The van der Waals surface area contributed by atoms with Crippen molar-refractivity contribution < 1.29 is 31.2 Å². The Hall–Kier alpha value is -3.86. The first-order valence-corrected chi connectivity index (χ1v) is 16.6. The van der Waals surface area contributed by atoms with Gasteiger partial charge in [-0.15, -0.1) is 0 Å². The summed E-state index contributed by atoms with van der Waals surface area (Å²) >= 11 is 0. The largest absolute Gasteiger partial charge is 0.416 e. The molecule has 0 radical (unpaired) electrons. The minimum atomic E-state index is -4.64. The van der Waals surface area contributed by atoms with Crippen LogP contribution in [0.25, 0.3) is 0 Å². The first kappa shape index (κ1) is 33.0. The van der Waals surface area contributed by atoms with Crippen molar-refractivity contribution in [2.24, 2.45) is 0 Å². The predicted octanol–water partition coefficient (Wildman–Crippen LogP) is 5.95. The lowest BCUT2D eigenvalue weighted by atomic mass is 10.0. The molecule has 1 N–H and O–H groups in total. The Balaban J connectivity index is 1.57. The molecule has 4 rings (SSSR count). The second-order valence-corrected chi connectivity index (χ2v) is 13.1. The molecule has 0 heterocycles. The van der Waals surface area contributed by atoms with Crippen LogP contribution in [0.3, 0.4) is 0 Å². The van der Waals surface area contributed by atoms with Crippen molar-refractivity contribution in [1.82, 2.24) is 10.2 Å². The number of amides is 2. The monoisotopic (exact) mass is 629 g/mol. The Morgan fingerprint density at radius 3 is 2.11 bits per heavy atom. The van der Waals surface area contributed by atoms with E-state index in [0.717, 1.165) is 65.6 Å². The molecule has 0 spiro atoms. The average molecular weight is 630 g/mol. The van der Waals surface area contributed by atoms with Crippen LogP contribution in [-0.2, 0) is 38.8 Å². The van der Waals surface area contributed by atoms with E-state index in [-0.39, 0.29) is 55.9 Å². The van der Waals surface area contributed by atoms with Crippen molar-refractivity contribution in [3.05, 3.63) is 102 Å². The highest BCUT2D eigenvalue weighted by Crippen LogP contribution is 2.32. The van der Waals surface area contributed by atoms with E-state index in [9.17, 15) is 31.2 Å². The highest BCUT2D eigenvalue weighted by atomic mass is 32.2. The SMILES string of the molecule is CS(=O)(=O)N(CCCC(=O)N(Cc1ccccc1)C(Cc1ccccc1)C(=O)NC1CCCC1)c1cccc(C(F)(F)F)c1. The lowest BCUT2D eigenvalue weighted by molar-refractivity contribution is -0.141. The van der Waals surface area contributed by atoms with E-state index in [0.29, 0.717) is 0 Å². The molecule has 7 nitrogen and oxygen atoms in total. The maximum absolute atomic E-state index is 13.9. The molecule has 1 aliphatic rings. The number of nitrogens with zero attached hydrogens (tertiary/aromatic N) is 2. The smallest absolute Gasteiger partial charge is 0.352 e. The molecule has 236 valence electrons. The fraction of sp³-hybridized carbons (Fsp3) is 0.394. The lowest BCUT2D eigenvalue weighted by Gasteiger charge is -2.33. The zero-order valence-electron chi connectivity index (χ0n) is 24.7. The van der Waals surface area contributed by atoms with Gasteiger partial charge in [0.1, 0.15) is 6.04 Å². The van der Waals surface area contributed by atoms with Crippen molar-refractivity contribution in [2.75, 3.05) is 17.1 Å². The molecule has 44 heavy (non-hydrogen) atoms. The van der Waals surface area contributed by atoms with Gasteiger partial charge in [0.05, 0.1) is 17.5 Å². The first-order chi connectivity index (χ1) is 20.9. The normalized spacial score (nSPS) is 14.6. The summed E-state index contributed by atoms with van der Waals surface area (Å²) in [5.74, 6) is -0.597. The van der Waals surface area contributed by atoms with Crippen LogP contribution in [0.5, 0.6) is 0 Å². The number of hydrogen-bond donors (Lipinski definition) is 1. The Bertz CT molecular complexity index is 1500. The van der Waals surface area contributed by atoms with E-state index in [1.807, 2.05) is 60.7 Å². The average Bonchev–Trinajstić information content (AvgIpc) is 3.50. The van der Waals surface area contributed by atoms with Crippen molar-refractivity contribution in [1.29, 1.82) is 0 Å². The van der Waals surface area contributed by atoms with Gasteiger partial charge in [-0.05, 0) is 48.6 Å². The van der Waals surface area contributed by atoms with Crippen LogP contribution in [0, 0.1) is 0 Å². The van der Waals surface area contributed by atoms with Gasteiger partial charge in [0, 0.05) is 32.0 Å². The number of anilines is 1. The second kappa shape index (κ2) is 14.7. The standard InChI is InChI=1S/C33H38F3N3O4S/c1-44(42,43)39(29-19-10-16-27(23-29)33(34,35)36)21-11-20-31(40)38(24-26-14-6-3-7-15-26)30(22-25-12-4-2-5-13-25)32(41)37-28-17-8-9-18-28/h2-7,10,12-16,19,23,28,30H,8-9,11,17-18,20-22,24H2,1H3,(H,37,41). The molecule has 1 aliphatic carbocycles. The van der Waals surface area contributed by atoms with E-state index >= 15 is 0 Å². The summed E-state index contributed by atoms with van der Waals surface area (Å²) in [7, 11) is -3.95. The van der Waals surface area contributed by atoms with Crippen LogP contribution in [0.2, 0.25) is 0 Å². The van der Waals surface area contributed by atoms with Crippen molar-refractivity contribution in [3.63, 3.8) is 0 Å². The van der Waals surface area contributed by atoms with Gasteiger partial charge in [-0.25, -0.2) is 8.42 Å². The summed E-state index contributed by atoms with van der Waals surface area (Å²) in [5, 5.41) is 3.14. The van der Waals surface area contributed by atoms with Gasteiger partial charge in [-0.3, -0.25) is 13.9 Å². The summed E-state index contributed by atoms with van der Waals surface area (Å²) < 4.78 is 66.1. The lowest BCUT2D eigenvalue weighted by Crippen LogP contribution is -2.52. The topological polar surface area (TPSA) is 86.8 Å².